The van der Waals surface area contributed by atoms with Gasteiger partial charge in [0.2, 0.25) is 11.8 Å². The SMILES string of the molecule is CC(C1CC1)N(Cc1ccccc1)C(=O)C1CCCN(C(=O)C(C)(C)C)C1. The van der Waals surface area contributed by atoms with Crippen molar-refractivity contribution >= 4 is 11.8 Å². The fraction of sp³-hybridized carbons (Fsp3) is 0.652. The molecule has 0 N–H and O–H groups in total. The van der Waals surface area contributed by atoms with Crippen molar-refractivity contribution in [1.82, 2.24) is 9.80 Å². The lowest BCUT2D eigenvalue weighted by Gasteiger charge is -2.39. The quantitative estimate of drug-likeness (QED) is 0.783. The first-order chi connectivity index (χ1) is 12.8. The van der Waals surface area contributed by atoms with Gasteiger partial charge in [-0.15, -0.1) is 0 Å². The van der Waals surface area contributed by atoms with E-state index in [2.05, 4.69) is 24.0 Å². The molecule has 0 spiro atoms. The molecule has 2 fully saturated rings. The van der Waals surface area contributed by atoms with E-state index in [0.29, 0.717) is 19.0 Å². The van der Waals surface area contributed by atoms with Crippen LogP contribution < -0.4 is 0 Å². The minimum absolute atomic E-state index is 0.0741. The van der Waals surface area contributed by atoms with Crippen LogP contribution in [0.1, 0.15) is 58.9 Å². The first-order valence-corrected chi connectivity index (χ1v) is 10.4. The van der Waals surface area contributed by atoms with Gasteiger partial charge in [0.25, 0.3) is 0 Å². The summed E-state index contributed by atoms with van der Waals surface area (Å²) >= 11 is 0. The zero-order chi connectivity index (χ0) is 19.6. The van der Waals surface area contributed by atoms with Gasteiger partial charge in [-0.05, 0) is 44.1 Å². The fourth-order valence-electron chi connectivity index (χ4n) is 4.11. The molecule has 0 aromatic heterocycles. The van der Waals surface area contributed by atoms with Gasteiger partial charge < -0.3 is 9.80 Å². The van der Waals surface area contributed by atoms with E-state index in [9.17, 15) is 9.59 Å². The summed E-state index contributed by atoms with van der Waals surface area (Å²) in [5, 5.41) is 0. The number of nitrogens with zero attached hydrogens (tertiary/aromatic N) is 2. The number of likely N-dealkylation sites (tertiary alicyclic amines) is 1. The maximum absolute atomic E-state index is 13.5. The molecule has 2 unspecified atom stereocenters. The summed E-state index contributed by atoms with van der Waals surface area (Å²) in [6.45, 7) is 10.1. The third-order valence-electron chi connectivity index (χ3n) is 5.97. The number of benzene rings is 1. The molecular formula is C23H34N2O2. The van der Waals surface area contributed by atoms with Crippen molar-refractivity contribution in [3.63, 3.8) is 0 Å². The van der Waals surface area contributed by atoms with Crippen LogP contribution >= 0.6 is 0 Å². The molecule has 1 saturated heterocycles. The van der Waals surface area contributed by atoms with Crippen molar-refractivity contribution in [1.29, 1.82) is 0 Å². The molecule has 2 atom stereocenters. The van der Waals surface area contributed by atoms with Crippen molar-refractivity contribution in [3.05, 3.63) is 35.9 Å². The maximum Gasteiger partial charge on any atom is 0.228 e. The summed E-state index contributed by atoms with van der Waals surface area (Å²) in [7, 11) is 0. The highest BCUT2D eigenvalue weighted by atomic mass is 16.2. The zero-order valence-corrected chi connectivity index (χ0v) is 17.3. The smallest absolute Gasteiger partial charge is 0.228 e. The lowest BCUT2D eigenvalue weighted by molar-refractivity contribution is -0.146. The molecule has 0 radical (unpaired) electrons. The van der Waals surface area contributed by atoms with Crippen LogP contribution in [0.15, 0.2) is 30.3 Å². The minimum Gasteiger partial charge on any atom is -0.341 e. The molecule has 3 rings (SSSR count). The molecule has 1 aliphatic heterocycles. The van der Waals surface area contributed by atoms with E-state index < -0.39 is 5.41 Å². The number of amides is 2. The third kappa shape index (κ3) is 4.91. The van der Waals surface area contributed by atoms with Crippen molar-refractivity contribution in [2.24, 2.45) is 17.3 Å². The molecule has 2 amide bonds. The summed E-state index contributed by atoms with van der Waals surface area (Å²) in [5.74, 6) is 0.943. The number of rotatable bonds is 5. The summed E-state index contributed by atoms with van der Waals surface area (Å²) in [6, 6.07) is 10.5. The molecule has 1 aromatic rings. The Bertz CT molecular complexity index is 661. The summed E-state index contributed by atoms with van der Waals surface area (Å²) in [6.07, 6.45) is 4.24. The lowest BCUT2D eigenvalue weighted by Crippen LogP contribution is -2.51. The number of carbonyl (C=O) groups is 2. The Kier molecular flexibility index (Phi) is 5.92. The van der Waals surface area contributed by atoms with Gasteiger partial charge in [-0.1, -0.05) is 51.1 Å². The molecule has 1 heterocycles. The first-order valence-electron chi connectivity index (χ1n) is 10.4. The normalized spacial score (nSPS) is 21.6. The van der Waals surface area contributed by atoms with E-state index in [1.807, 2.05) is 43.9 Å². The lowest BCUT2D eigenvalue weighted by atomic mass is 9.90. The highest BCUT2D eigenvalue weighted by molar-refractivity contribution is 5.84. The predicted molar refractivity (Wildman–Crippen MR) is 108 cm³/mol. The Hall–Kier alpha value is -1.84. The first kappa shape index (κ1) is 19.9. The summed E-state index contributed by atoms with van der Waals surface area (Å²) < 4.78 is 0. The van der Waals surface area contributed by atoms with Gasteiger partial charge in [0.15, 0.2) is 0 Å². The molecule has 1 aromatic carbocycles. The van der Waals surface area contributed by atoms with Crippen LogP contribution in [0, 0.1) is 17.3 Å². The average Bonchev–Trinajstić information content (AvgIpc) is 3.50. The highest BCUT2D eigenvalue weighted by Gasteiger charge is 2.39. The van der Waals surface area contributed by atoms with Gasteiger partial charge in [-0.25, -0.2) is 0 Å². The summed E-state index contributed by atoms with van der Waals surface area (Å²) in [5.41, 5.74) is 0.785. The second-order valence-corrected chi connectivity index (χ2v) is 9.37. The zero-order valence-electron chi connectivity index (χ0n) is 17.3. The van der Waals surface area contributed by atoms with Crippen LogP contribution in [-0.4, -0.2) is 40.7 Å². The van der Waals surface area contributed by atoms with Gasteiger partial charge in [0.1, 0.15) is 0 Å². The van der Waals surface area contributed by atoms with Crippen LogP contribution in [-0.2, 0) is 16.1 Å². The van der Waals surface area contributed by atoms with Gasteiger partial charge in [0, 0.05) is 31.1 Å². The Morgan fingerprint density at radius 2 is 1.81 bits per heavy atom. The number of carbonyl (C=O) groups excluding carboxylic acids is 2. The largest absolute Gasteiger partial charge is 0.341 e. The predicted octanol–water partition coefficient (Wildman–Crippen LogP) is 4.10. The minimum atomic E-state index is -0.393. The van der Waals surface area contributed by atoms with Gasteiger partial charge >= 0.3 is 0 Å². The average molecular weight is 371 g/mol. The van der Waals surface area contributed by atoms with Crippen LogP contribution in [0.3, 0.4) is 0 Å². The van der Waals surface area contributed by atoms with Crippen molar-refractivity contribution < 1.29 is 9.59 Å². The molecule has 4 nitrogen and oxygen atoms in total. The maximum atomic E-state index is 13.5. The van der Waals surface area contributed by atoms with Crippen LogP contribution in [0.4, 0.5) is 0 Å². The molecule has 148 valence electrons. The molecular weight excluding hydrogens is 336 g/mol. The van der Waals surface area contributed by atoms with E-state index in [0.717, 1.165) is 19.4 Å². The van der Waals surface area contributed by atoms with E-state index in [4.69, 9.17) is 0 Å². The van der Waals surface area contributed by atoms with E-state index in [-0.39, 0.29) is 23.8 Å². The van der Waals surface area contributed by atoms with Crippen molar-refractivity contribution in [2.75, 3.05) is 13.1 Å². The standard InChI is InChI=1S/C23H34N2O2/c1-17(19-12-13-19)25(15-18-9-6-5-7-10-18)21(26)20-11-8-14-24(16-20)22(27)23(2,3)4/h5-7,9-10,17,19-20H,8,11-16H2,1-4H3. The Morgan fingerprint density at radius 3 is 2.41 bits per heavy atom. The topological polar surface area (TPSA) is 40.6 Å². The van der Waals surface area contributed by atoms with Gasteiger partial charge in [-0.2, -0.15) is 0 Å². The Morgan fingerprint density at radius 1 is 1.15 bits per heavy atom. The molecule has 1 saturated carbocycles. The van der Waals surface area contributed by atoms with Crippen molar-refractivity contribution in [2.45, 2.75) is 66.0 Å². The Labute approximate surface area is 163 Å². The van der Waals surface area contributed by atoms with Gasteiger partial charge in [-0.3, -0.25) is 9.59 Å². The number of hydrogen-bond acceptors (Lipinski definition) is 2. The number of piperidine rings is 1. The second-order valence-electron chi connectivity index (χ2n) is 9.37. The number of hydrogen-bond donors (Lipinski definition) is 0. The van der Waals surface area contributed by atoms with Gasteiger partial charge in [0.05, 0.1) is 5.92 Å². The molecule has 27 heavy (non-hydrogen) atoms. The van der Waals surface area contributed by atoms with E-state index in [1.165, 1.54) is 18.4 Å². The van der Waals surface area contributed by atoms with Crippen LogP contribution in [0.5, 0.6) is 0 Å². The third-order valence-corrected chi connectivity index (χ3v) is 5.97. The summed E-state index contributed by atoms with van der Waals surface area (Å²) in [4.78, 5) is 30.2. The molecule has 4 heteroatoms. The van der Waals surface area contributed by atoms with E-state index in [1.54, 1.807) is 0 Å². The highest BCUT2D eigenvalue weighted by Crippen LogP contribution is 2.37. The fourth-order valence-corrected chi connectivity index (χ4v) is 4.11. The second kappa shape index (κ2) is 8.04. The molecule has 2 aliphatic rings. The Balaban J connectivity index is 1.73. The molecule has 0 bridgehead atoms. The van der Waals surface area contributed by atoms with Crippen LogP contribution in [0.2, 0.25) is 0 Å². The van der Waals surface area contributed by atoms with Crippen molar-refractivity contribution in [3.8, 4) is 0 Å². The van der Waals surface area contributed by atoms with Crippen LogP contribution in [0.25, 0.3) is 0 Å². The molecule has 1 aliphatic carbocycles. The monoisotopic (exact) mass is 370 g/mol. The van der Waals surface area contributed by atoms with E-state index >= 15 is 0 Å².